The molecule has 3 fully saturated rings. The maximum absolute atomic E-state index is 13.1. The van der Waals surface area contributed by atoms with E-state index in [1.54, 1.807) is 19.2 Å². The number of piperazine rings is 1. The van der Waals surface area contributed by atoms with E-state index in [-0.39, 0.29) is 41.0 Å². The Balaban J connectivity index is 1.16. The lowest BCUT2D eigenvalue weighted by molar-refractivity contribution is -0.147. The van der Waals surface area contributed by atoms with Gasteiger partial charge in [-0.15, -0.1) is 0 Å². The summed E-state index contributed by atoms with van der Waals surface area (Å²) < 4.78 is 8.42. The first-order valence-electron chi connectivity index (χ1n) is 12.8. The molecule has 188 valence electrons. The molecule has 2 aromatic rings. The first-order chi connectivity index (χ1) is 16.9. The predicted molar refractivity (Wildman–Crippen MR) is 131 cm³/mol. The third-order valence-corrected chi connectivity index (χ3v) is 8.00. The zero-order valence-electron chi connectivity index (χ0n) is 20.4. The van der Waals surface area contributed by atoms with Gasteiger partial charge in [-0.1, -0.05) is 12.1 Å². The number of carbonyl (C=O) groups is 2. The number of benzene rings is 1. The van der Waals surface area contributed by atoms with E-state index in [1.807, 2.05) is 21.9 Å². The summed E-state index contributed by atoms with van der Waals surface area (Å²) in [5.74, 6) is 0.408. The van der Waals surface area contributed by atoms with Gasteiger partial charge in [-0.05, 0) is 56.6 Å². The van der Waals surface area contributed by atoms with E-state index < -0.39 is 0 Å². The molecule has 1 aromatic heterocycles. The van der Waals surface area contributed by atoms with Crippen LogP contribution < -0.4 is 11.2 Å². The molecule has 3 aliphatic rings. The van der Waals surface area contributed by atoms with Gasteiger partial charge >= 0.3 is 5.69 Å². The number of hydrogen-bond donors (Lipinski definition) is 0. The second kappa shape index (κ2) is 9.97. The van der Waals surface area contributed by atoms with E-state index in [9.17, 15) is 19.2 Å². The molecule has 1 aliphatic carbocycles. The van der Waals surface area contributed by atoms with Gasteiger partial charge in [-0.3, -0.25) is 23.5 Å². The number of fused-ring (bicyclic) bond motifs is 1. The number of aryl methyl sites for hydroxylation is 1. The van der Waals surface area contributed by atoms with Crippen LogP contribution in [0.15, 0.2) is 33.9 Å². The van der Waals surface area contributed by atoms with Crippen molar-refractivity contribution in [1.82, 2.24) is 18.9 Å². The second-order valence-corrected chi connectivity index (χ2v) is 10.1. The van der Waals surface area contributed by atoms with Gasteiger partial charge in [0.1, 0.15) is 6.10 Å². The molecule has 1 aromatic carbocycles. The van der Waals surface area contributed by atoms with Crippen LogP contribution >= 0.6 is 0 Å². The molecular weight excluding hydrogens is 448 g/mol. The zero-order chi connectivity index (χ0) is 24.5. The van der Waals surface area contributed by atoms with Gasteiger partial charge in [0, 0.05) is 52.3 Å². The van der Waals surface area contributed by atoms with Crippen molar-refractivity contribution in [3.8, 4) is 0 Å². The number of para-hydroxylation sites is 1. The van der Waals surface area contributed by atoms with Gasteiger partial charge < -0.3 is 14.5 Å². The number of rotatable bonds is 4. The van der Waals surface area contributed by atoms with Crippen molar-refractivity contribution < 1.29 is 14.3 Å². The molecule has 0 radical (unpaired) electrons. The Morgan fingerprint density at radius 2 is 1.57 bits per heavy atom. The minimum Gasteiger partial charge on any atom is -0.368 e. The third-order valence-electron chi connectivity index (χ3n) is 8.00. The molecule has 0 N–H and O–H groups in total. The van der Waals surface area contributed by atoms with Crippen LogP contribution in [0.1, 0.15) is 38.5 Å². The Morgan fingerprint density at radius 1 is 0.914 bits per heavy atom. The van der Waals surface area contributed by atoms with Crippen molar-refractivity contribution in [2.24, 2.45) is 18.9 Å². The van der Waals surface area contributed by atoms with Gasteiger partial charge in [0.25, 0.3) is 11.5 Å². The fourth-order valence-corrected chi connectivity index (χ4v) is 5.86. The molecule has 2 aliphatic heterocycles. The lowest BCUT2D eigenvalue weighted by Crippen LogP contribution is -2.54. The van der Waals surface area contributed by atoms with Crippen molar-refractivity contribution in [3.05, 3.63) is 45.1 Å². The summed E-state index contributed by atoms with van der Waals surface area (Å²) in [4.78, 5) is 55.2. The second-order valence-electron chi connectivity index (χ2n) is 10.1. The molecule has 3 heterocycles. The lowest BCUT2D eigenvalue weighted by Gasteiger charge is -2.38. The molecule has 2 amide bonds. The topological polar surface area (TPSA) is 93.9 Å². The fourth-order valence-electron chi connectivity index (χ4n) is 5.86. The Bertz CT molecular complexity index is 1210. The Hall–Kier alpha value is -2.94. The summed E-state index contributed by atoms with van der Waals surface area (Å²) in [7, 11) is 1.70. The van der Waals surface area contributed by atoms with Crippen molar-refractivity contribution in [1.29, 1.82) is 0 Å². The minimum atomic E-state index is -0.306. The first kappa shape index (κ1) is 23.8. The number of amides is 2. The lowest BCUT2D eigenvalue weighted by atomic mass is 9.81. The molecule has 2 saturated heterocycles. The highest BCUT2D eigenvalue weighted by Crippen LogP contribution is 2.31. The van der Waals surface area contributed by atoms with Crippen LogP contribution in [-0.2, 0) is 27.9 Å². The summed E-state index contributed by atoms with van der Waals surface area (Å²) in [6, 6.07) is 7.19. The van der Waals surface area contributed by atoms with Crippen LogP contribution in [0.2, 0.25) is 0 Å². The molecule has 9 heteroatoms. The predicted octanol–water partition coefficient (Wildman–Crippen LogP) is 1.36. The maximum atomic E-state index is 13.1. The highest BCUT2D eigenvalue weighted by atomic mass is 16.5. The van der Waals surface area contributed by atoms with Crippen molar-refractivity contribution in [2.75, 3.05) is 32.8 Å². The van der Waals surface area contributed by atoms with Crippen LogP contribution in [-0.4, -0.2) is 69.6 Å². The number of nitrogens with zero attached hydrogens (tertiary/aromatic N) is 4. The van der Waals surface area contributed by atoms with Gasteiger partial charge in [0.05, 0.1) is 10.9 Å². The van der Waals surface area contributed by atoms with Crippen molar-refractivity contribution in [2.45, 2.75) is 51.2 Å². The number of ether oxygens (including phenoxy) is 1. The number of hydrogen-bond acceptors (Lipinski definition) is 5. The maximum Gasteiger partial charge on any atom is 0.331 e. The van der Waals surface area contributed by atoms with Gasteiger partial charge in [-0.2, -0.15) is 0 Å². The quantitative estimate of drug-likeness (QED) is 0.656. The fraction of sp³-hybridized carbons (Fsp3) is 0.615. The average molecular weight is 483 g/mol. The highest BCUT2D eigenvalue weighted by Gasteiger charge is 2.34. The highest BCUT2D eigenvalue weighted by molar-refractivity contribution is 5.82. The SMILES string of the molecule is Cn1c(=O)n(CC2CCC(C(=O)N3CCN(C(=O)C4CCCO4)CC3)CC2)c(=O)c2ccccc21. The van der Waals surface area contributed by atoms with Gasteiger partial charge in [0.15, 0.2) is 0 Å². The first-order valence-corrected chi connectivity index (χ1v) is 12.8. The van der Waals surface area contributed by atoms with Crippen LogP contribution in [0.25, 0.3) is 10.9 Å². The molecule has 5 rings (SSSR count). The van der Waals surface area contributed by atoms with E-state index >= 15 is 0 Å². The molecule has 1 unspecified atom stereocenters. The van der Waals surface area contributed by atoms with E-state index in [1.165, 1.54) is 9.13 Å². The molecule has 0 bridgehead atoms. The summed E-state index contributed by atoms with van der Waals surface area (Å²) in [6.07, 6.45) is 4.58. The number of aromatic nitrogens is 2. The molecular formula is C26H34N4O5. The van der Waals surface area contributed by atoms with Crippen LogP contribution in [0.4, 0.5) is 0 Å². The molecule has 1 atom stereocenters. The smallest absolute Gasteiger partial charge is 0.331 e. The Kier molecular flexibility index (Phi) is 6.77. The summed E-state index contributed by atoms with van der Waals surface area (Å²) in [6.45, 7) is 3.31. The van der Waals surface area contributed by atoms with E-state index in [2.05, 4.69) is 0 Å². The largest absolute Gasteiger partial charge is 0.368 e. The van der Waals surface area contributed by atoms with E-state index in [4.69, 9.17) is 4.74 Å². The summed E-state index contributed by atoms with van der Waals surface area (Å²) >= 11 is 0. The van der Waals surface area contributed by atoms with Crippen molar-refractivity contribution >= 4 is 22.7 Å². The van der Waals surface area contributed by atoms with Crippen LogP contribution in [0, 0.1) is 11.8 Å². The Labute approximate surface area is 204 Å². The van der Waals surface area contributed by atoms with Gasteiger partial charge in [-0.25, -0.2) is 4.79 Å². The molecule has 9 nitrogen and oxygen atoms in total. The van der Waals surface area contributed by atoms with E-state index in [0.29, 0.717) is 50.2 Å². The summed E-state index contributed by atoms with van der Waals surface area (Å²) in [5, 5.41) is 0.551. The zero-order valence-corrected chi connectivity index (χ0v) is 20.4. The minimum absolute atomic E-state index is 0.0252. The standard InChI is InChI=1S/C26H34N4O5/c1-27-21-6-3-2-5-20(21)24(32)30(26(27)34)17-18-8-10-19(11-9-18)23(31)28-12-14-29(15-13-28)25(33)22-7-4-16-35-22/h2-3,5-6,18-19,22H,4,7-17H2,1H3. The monoisotopic (exact) mass is 482 g/mol. The third kappa shape index (κ3) is 4.66. The van der Waals surface area contributed by atoms with Crippen LogP contribution in [0.3, 0.4) is 0 Å². The Morgan fingerprint density at radius 3 is 2.23 bits per heavy atom. The average Bonchev–Trinajstić information content (AvgIpc) is 3.45. The van der Waals surface area contributed by atoms with Crippen molar-refractivity contribution in [3.63, 3.8) is 0 Å². The van der Waals surface area contributed by atoms with Crippen LogP contribution in [0.5, 0.6) is 0 Å². The summed E-state index contributed by atoms with van der Waals surface area (Å²) in [5.41, 5.74) is 0.116. The molecule has 35 heavy (non-hydrogen) atoms. The normalized spacial score (nSPS) is 25.2. The molecule has 0 spiro atoms. The van der Waals surface area contributed by atoms with E-state index in [0.717, 1.165) is 38.5 Å². The van der Waals surface area contributed by atoms with Gasteiger partial charge in [0.2, 0.25) is 5.91 Å². The number of carbonyl (C=O) groups excluding carboxylic acids is 2. The molecule has 1 saturated carbocycles.